The van der Waals surface area contributed by atoms with Gasteiger partial charge in [-0.15, -0.1) is 0 Å². The number of carbonyl (C=O) groups is 1. The van der Waals surface area contributed by atoms with E-state index in [0.29, 0.717) is 28.5 Å². The van der Waals surface area contributed by atoms with Crippen LogP contribution >= 0.6 is 0 Å². The van der Waals surface area contributed by atoms with Crippen LogP contribution in [0.3, 0.4) is 0 Å². The summed E-state index contributed by atoms with van der Waals surface area (Å²) in [7, 11) is 9.19. The number of amides is 1. The Labute approximate surface area is 226 Å². The lowest BCUT2D eigenvalue weighted by Crippen LogP contribution is -2.29. The SMILES string of the molecule is C=CC(=O)Nc1cc(Nc2nccc(-n3c(=O)n(NC)c4ccccc43)n2)c(OC)cc1N(C)CCN(C)C. The number of hydrogen-bond acceptors (Lipinski definition) is 9. The highest BCUT2D eigenvalue weighted by atomic mass is 16.5. The molecule has 0 atom stereocenters. The second-order valence-corrected chi connectivity index (χ2v) is 9.02. The van der Waals surface area contributed by atoms with E-state index in [1.807, 2.05) is 56.4 Å². The van der Waals surface area contributed by atoms with Crippen molar-refractivity contribution >= 4 is 40.0 Å². The molecule has 0 saturated heterocycles. The smallest absolute Gasteiger partial charge is 0.353 e. The lowest BCUT2D eigenvalue weighted by atomic mass is 10.2. The zero-order valence-electron chi connectivity index (χ0n) is 22.7. The fourth-order valence-corrected chi connectivity index (χ4v) is 4.15. The predicted octanol–water partition coefficient (Wildman–Crippen LogP) is 2.63. The molecule has 3 N–H and O–H groups in total. The zero-order chi connectivity index (χ0) is 28.1. The van der Waals surface area contributed by atoms with Crippen LogP contribution < -0.4 is 31.4 Å². The van der Waals surface area contributed by atoms with E-state index in [1.165, 1.54) is 15.3 Å². The topological polar surface area (TPSA) is 122 Å². The third-order valence-electron chi connectivity index (χ3n) is 6.14. The van der Waals surface area contributed by atoms with Gasteiger partial charge in [-0.1, -0.05) is 18.7 Å². The van der Waals surface area contributed by atoms with Gasteiger partial charge in [0.1, 0.15) is 11.6 Å². The van der Waals surface area contributed by atoms with Crippen LogP contribution in [0.15, 0.2) is 66.1 Å². The average Bonchev–Trinajstić information content (AvgIpc) is 3.22. The Bertz CT molecular complexity index is 1560. The minimum Gasteiger partial charge on any atom is -0.494 e. The van der Waals surface area contributed by atoms with Crippen molar-refractivity contribution in [2.75, 3.05) is 69.3 Å². The number of hydrogen-bond donors (Lipinski definition) is 3. The molecule has 0 radical (unpaired) electrons. The first-order chi connectivity index (χ1) is 18.8. The van der Waals surface area contributed by atoms with Crippen LogP contribution in [-0.2, 0) is 4.79 Å². The maximum atomic E-state index is 13.2. The summed E-state index contributed by atoms with van der Waals surface area (Å²) in [5, 5.41) is 6.06. The number of para-hydroxylation sites is 2. The standard InChI is InChI=1S/C27H33N9O3/c1-7-25(37)30-18-16-19(23(39-6)17-22(18)34(5)15-14-33(3)4)31-26-29-13-12-24(32-26)35-20-10-8-9-11-21(20)36(28-2)27(35)38/h7-13,16-17,28H,1,14-15H2,2-6H3,(H,30,37)(H,29,31,32). The molecule has 2 aromatic carbocycles. The average molecular weight is 532 g/mol. The normalized spacial score (nSPS) is 10.9. The quantitative estimate of drug-likeness (QED) is 0.251. The van der Waals surface area contributed by atoms with Crippen molar-refractivity contribution in [3.8, 4) is 11.6 Å². The first kappa shape index (κ1) is 27.2. The van der Waals surface area contributed by atoms with E-state index in [2.05, 4.69) is 37.5 Å². The van der Waals surface area contributed by atoms with Crippen LogP contribution in [-0.4, -0.2) is 78.4 Å². The van der Waals surface area contributed by atoms with E-state index < -0.39 is 0 Å². The molecular weight excluding hydrogens is 498 g/mol. The summed E-state index contributed by atoms with van der Waals surface area (Å²) >= 11 is 0. The lowest BCUT2D eigenvalue weighted by molar-refractivity contribution is -0.111. The first-order valence-electron chi connectivity index (χ1n) is 12.3. The number of carbonyl (C=O) groups excluding carboxylic acids is 1. The number of fused-ring (bicyclic) bond motifs is 1. The molecule has 2 heterocycles. The monoisotopic (exact) mass is 531 g/mol. The number of likely N-dealkylation sites (N-methyl/N-ethyl adjacent to an activating group) is 2. The number of imidazole rings is 1. The largest absolute Gasteiger partial charge is 0.494 e. The number of aromatic nitrogens is 4. The van der Waals surface area contributed by atoms with Gasteiger partial charge in [-0.3, -0.25) is 4.79 Å². The Morgan fingerprint density at radius 2 is 1.85 bits per heavy atom. The van der Waals surface area contributed by atoms with Gasteiger partial charge < -0.3 is 30.6 Å². The van der Waals surface area contributed by atoms with Gasteiger partial charge in [-0.05, 0) is 38.4 Å². The summed E-state index contributed by atoms with van der Waals surface area (Å²) in [6.45, 7) is 5.10. The summed E-state index contributed by atoms with van der Waals surface area (Å²) < 4.78 is 8.64. The van der Waals surface area contributed by atoms with Crippen LogP contribution in [0, 0.1) is 0 Å². The molecule has 12 heteroatoms. The molecule has 4 rings (SSSR count). The van der Waals surface area contributed by atoms with Crippen molar-refractivity contribution in [1.82, 2.24) is 24.1 Å². The van der Waals surface area contributed by atoms with Gasteiger partial charge in [0.25, 0.3) is 0 Å². The summed E-state index contributed by atoms with van der Waals surface area (Å²) in [5.41, 5.74) is 5.90. The molecule has 0 spiro atoms. The molecule has 0 aliphatic rings. The molecule has 12 nitrogen and oxygen atoms in total. The van der Waals surface area contributed by atoms with Crippen molar-refractivity contribution in [2.24, 2.45) is 0 Å². The van der Waals surface area contributed by atoms with Gasteiger partial charge in [0.2, 0.25) is 11.9 Å². The third kappa shape index (κ3) is 5.70. The Kier molecular flexibility index (Phi) is 8.15. The molecule has 0 aliphatic carbocycles. The molecule has 2 aromatic heterocycles. The summed E-state index contributed by atoms with van der Waals surface area (Å²) in [6.07, 6.45) is 2.78. The number of ether oxygens (including phenoxy) is 1. The van der Waals surface area contributed by atoms with Gasteiger partial charge >= 0.3 is 5.69 Å². The highest BCUT2D eigenvalue weighted by Gasteiger charge is 2.18. The molecule has 0 bridgehead atoms. The van der Waals surface area contributed by atoms with E-state index >= 15 is 0 Å². The van der Waals surface area contributed by atoms with Gasteiger partial charge in [0.05, 0.1) is 35.2 Å². The molecule has 0 aliphatic heterocycles. The Hall–Kier alpha value is -4.84. The van der Waals surface area contributed by atoms with Crippen LogP contribution in [0.2, 0.25) is 0 Å². The van der Waals surface area contributed by atoms with E-state index in [4.69, 9.17) is 4.74 Å². The molecule has 4 aromatic rings. The van der Waals surface area contributed by atoms with Crippen molar-refractivity contribution in [3.05, 3.63) is 71.8 Å². The Balaban J connectivity index is 1.75. The lowest BCUT2D eigenvalue weighted by Gasteiger charge is -2.26. The van der Waals surface area contributed by atoms with Crippen molar-refractivity contribution < 1.29 is 9.53 Å². The van der Waals surface area contributed by atoms with E-state index in [-0.39, 0.29) is 17.5 Å². The van der Waals surface area contributed by atoms with Crippen molar-refractivity contribution in [2.45, 2.75) is 0 Å². The van der Waals surface area contributed by atoms with E-state index in [1.54, 1.807) is 32.5 Å². The number of nitrogens with zero attached hydrogens (tertiary/aromatic N) is 6. The molecule has 1 amide bonds. The van der Waals surface area contributed by atoms with Crippen LogP contribution in [0.4, 0.5) is 23.0 Å². The number of benzene rings is 2. The molecule has 204 valence electrons. The predicted molar refractivity (Wildman–Crippen MR) is 155 cm³/mol. The maximum Gasteiger partial charge on any atom is 0.353 e. The fourth-order valence-electron chi connectivity index (χ4n) is 4.15. The zero-order valence-corrected chi connectivity index (χ0v) is 22.7. The Morgan fingerprint density at radius 3 is 2.51 bits per heavy atom. The van der Waals surface area contributed by atoms with Gasteiger partial charge in [-0.25, -0.2) is 19.0 Å². The van der Waals surface area contributed by atoms with Gasteiger partial charge in [0, 0.05) is 45.5 Å². The first-order valence-corrected chi connectivity index (χ1v) is 12.3. The van der Waals surface area contributed by atoms with Crippen molar-refractivity contribution in [3.63, 3.8) is 0 Å². The molecule has 0 fully saturated rings. The number of rotatable bonds is 11. The minimum absolute atomic E-state index is 0.244. The Morgan fingerprint density at radius 1 is 1.10 bits per heavy atom. The summed E-state index contributed by atoms with van der Waals surface area (Å²) in [6, 6.07) is 12.7. The maximum absolute atomic E-state index is 13.2. The molecule has 0 unspecified atom stereocenters. The van der Waals surface area contributed by atoms with Crippen LogP contribution in [0.25, 0.3) is 16.9 Å². The third-order valence-corrected chi connectivity index (χ3v) is 6.14. The van der Waals surface area contributed by atoms with Gasteiger partial charge in [-0.2, -0.15) is 4.98 Å². The second-order valence-electron chi connectivity index (χ2n) is 9.02. The molecule has 39 heavy (non-hydrogen) atoms. The van der Waals surface area contributed by atoms with Gasteiger partial charge in [0.15, 0.2) is 0 Å². The van der Waals surface area contributed by atoms with Crippen LogP contribution in [0.5, 0.6) is 5.75 Å². The molecule has 0 saturated carbocycles. The van der Waals surface area contributed by atoms with Crippen LogP contribution in [0.1, 0.15) is 0 Å². The number of methoxy groups -OCH3 is 1. The summed E-state index contributed by atoms with van der Waals surface area (Å²) in [5.74, 6) is 0.818. The number of anilines is 4. The summed E-state index contributed by atoms with van der Waals surface area (Å²) in [4.78, 5) is 38.5. The number of nitrogens with one attached hydrogen (secondary N) is 3. The van der Waals surface area contributed by atoms with Crippen molar-refractivity contribution in [1.29, 1.82) is 0 Å². The highest BCUT2D eigenvalue weighted by molar-refractivity contribution is 6.02. The molecular formula is C27H33N9O3. The van der Waals surface area contributed by atoms with E-state index in [0.717, 1.165) is 24.3 Å². The second kappa shape index (κ2) is 11.7. The minimum atomic E-state index is -0.341. The van der Waals surface area contributed by atoms with E-state index in [9.17, 15) is 9.59 Å². The highest BCUT2D eigenvalue weighted by Crippen LogP contribution is 2.38. The fraction of sp³-hybridized carbons (Fsp3) is 0.259.